The zero-order chi connectivity index (χ0) is 19.2. The smallest absolute Gasteiger partial charge is 0.354 e. The molecule has 1 aromatic carbocycles. The van der Waals surface area contributed by atoms with Crippen LogP contribution in [0.1, 0.15) is 41.9 Å². The van der Waals surface area contributed by atoms with Gasteiger partial charge in [0.15, 0.2) is 11.6 Å². The van der Waals surface area contributed by atoms with E-state index < -0.39 is 23.0 Å². The molecule has 4 rings (SSSR count). The van der Waals surface area contributed by atoms with Crippen molar-refractivity contribution in [3.05, 3.63) is 53.4 Å². The van der Waals surface area contributed by atoms with Gasteiger partial charge in [-0.05, 0) is 49.9 Å². The molecule has 6 nitrogen and oxygen atoms in total. The second-order valence-corrected chi connectivity index (χ2v) is 6.83. The van der Waals surface area contributed by atoms with Crippen LogP contribution < -0.4 is 10.1 Å². The number of nitrogens with one attached hydrogen (secondary N) is 1. The number of halogens is 2. The molecular formula is C19H16F2N2O4. The Morgan fingerprint density at radius 3 is 2.63 bits per heavy atom. The van der Waals surface area contributed by atoms with Crippen LogP contribution in [0.2, 0.25) is 0 Å². The topological polar surface area (TPSA) is 88.5 Å². The van der Waals surface area contributed by atoms with E-state index in [0.29, 0.717) is 37.1 Å². The number of benzene rings is 1. The molecule has 2 heterocycles. The first-order valence-electron chi connectivity index (χ1n) is 8.57. The van der Waals surface area contributed by atoms with E-state index in [4.69, 9.17) is 4.74 Å². The SMILES string of the molecule is O=C(O)c1ccc2c(n1)[C@]1(CC[C@H](Oc3ccc(F)cc3F)CC1)C(=O)N2. The summed E-state index contributed by atoms with van der Waals surface area (Å²) in [7, 11) is 0. The zero-order valence-corrected chi connectivity index (χ0v) is 14.2. The maximum atomic E-state index is 13.8. The van der Waals surface area contributed by atoms with Crippen molar-refractivity contribution in [3.63, 3.8) is 0 Å². The van der Waals surface area contributed by atoms with Crippen molar-refractivity contribution in [1.82, 2.24) is 4.98 Å². The highest BCUT2D eigenvalue weighted by Gasteiger charge is 2.50. The lowest BCUT2D eigenvalue weighted by Gasteiger charge is -2.35. The lowest BCUT2D eigenvalue weighted by molar-refractivity contribution is -0.122. The van der Waals surface area contributed by atoms with E-state index in [0.717, 1.165) is 12.1 Å². The van der Waals surface area contributed by atoms with Crippen LogP contribution in [0.3, 0.4) is 0 Å². The largest absolute Gasteiger partial charge is 0.487 e. The Morgan fingerprint density at radius 1 is 1.22 bits per heavy atom. The highest BCUT2D eigenvalue weighted by molar-refractivity contribution is 6.06. The molecule has 1 saturated carbocycles. The summed E-state index contributed by atoms with van der Waals surface area (Å²) in [6.45, 7) is 0. The molecule has 8 heteroatoms. The molecule has 27 heavy (non-hydrogen) atoms. The molecule has 0 radical (unpaired) electrons. The Balaban J connectivity index is 1.54. The maximum Gasteiger partial charge on any atom is 0.354 e. The minimum atomic E-state index is -1.16. The first-order valence-corrected chi connectivity index (χ1v) is 8.57. The second kappa shape index (κ2) is 6.29. The van der Waals surface area contributed by atoms with Gasteiger partial charge in [0.05, 0.1) is 22.9 Å². The van der Waals surface area contributed by atoms with Gasteiger partial charge in [-0.2, -0.15) is 0 Å². The summed E-state index contributed by atoms with van der Waals surface area (Å²) in [6.07, 6.45) is 1.39. The number of rotatable bonds is 3. The fourth-order valence-corrected chi connectivity index (χ4v) is 3.81. The number of nitrogens with zero attached hydrogens (tertiary/aromatic N) is 1. The minimum Gasteiger partial charge on any atom is -0.487 e. The number of carbonyl (C=O) groups excluding carboxylic acids is 1. The number of carbonyl (C=O) groups is 2. The van der Waals surface area contributed by atoms with Gasteiger partial charge in [0.2, 0.25) is 5.91 Å². The van der Waals surface area contributed by atoms with E-state index >= 15 is 0 Å². The molecule has 140 valence electrons. The third-order valence-electron chi connectivity index (χ3n) is 5.22. The number of amides is 1. The van der Waals surface area contributed by atoms with Crippen LogP contribution in [-0.4, -0.2) is 28.1 Å². The van der Waals surface area contributed by atoms with E-state index in [-0.39, 0.29) is 23.5 Å². The average Bonchev–Trinajstić information content (AvgIpc) is 2.90. The van der Waals surface area contributed by atoms with Gasteiger partial charge in [-0.15, -0.1) is 0 Å². The summed E-state index contributed by atoms with van der Waals surface area (Å²) in [5.41, 5.74) is -0.0497. The molecule has 2 aliphatic rings. The Bertz CT molecular complexity index is 939. The number of pyridine rings is 1. The van der Waals surface area contributed by atoms with E-state index in [1.165, 1.54) is 12.1 Å². The number of fused-ring (bicyclic) bond motifs is 2. The molecule has 0 atom stereocenters. The molecule has 2 aromatic rings. The van der Waals surface area contributed by atoms with Crippen molar-refractivity contribution in [1.29, 1.82) is 0 Å². The number of ether oxygens (including phenoxy) is 1. The predicted molar refractivity (Wildman–Crippen MR) is 90.7 cm³/mol. The Labute approximate surface area is 153 Å². The van der Waals surface area contributed by atoms with Crippen LogP contribution in [0, 0.1) is 11.6 Å². The monoisotopic (exact) mass is 374 g/mol. The molecule has 0 saturated heterocycles. The van der Waals surface area contributed by atoms with E-state index in [2.05, 4.69) is 10.3 Å². The highest BCUT2D eigenvalue weighted by atomic mass is 19.1. The van der Waals surface area contributed by atoms with Crippen molar-refractivity contribution in [2.75, 3.05) is 5.32 Å². The molecule has 2 N–H and O–H groups in total. The van der Waals surface area contributed by atoms with E-state index in [9.17, 15) is 23.5 Å². The van der Waals surface area contributed by atoms with Crippen molar-refractivity contribution in [3.8, 4) is 5.75 Å². The molecular weight excluding hydrogens is 358 g/mol. The first kappa shape index (κ1) is 17.4. The summed E-state index contributed by atoms with van der Waals surface area (Å²) >= 11 is 0. The van der Waals surface area contributed by atoms with Gasteiger partial charge in [0.1, 0.15) is 11.5 Å². The van der Waals surface area contributed by atoms with Gasteiger partial charge in [-0.1, -0.05) is 0 Å². The van der Waals surface area contributed by atoms with Crippen molar-refractivity contribution >= 4 is 17.6 Å². The molecule has 1 amide bonds. The molecule has 1 spiro atoms. The van der Waals surface area contributed by atoms with Gasteiger partial charge in [0, 0.05) is 6.07 Å². The lowest BCUT2D eigenvalue weighted by Crippen LogP contribution is -2.41. The van der Waals surface area contributed by atoms with Crippen LogP contribution in [0.5, 0.6) is 5.75 Å². The van der Waals surface area contributed by atoms with Gasteiger partial charge < -0.3 is 15.2 Å². The first-order chi connectivity index (χ1) is 12.9. The summed E-state index contributed by atoms with van der Waals surface area (Å²) in [5, 5.41) is 11.9. The van der Waals surface area contributed by atoms with E-state index in [1.54, 1.807) is 6.07 Å². The van der Waals surface area contributed by atoms with Crippen LogP contribution in [-0.2, 0) is 10.2 Å². The molecule has 1 fully saturated rings. The summed E-state index contributed by atoms with van der Waals surface area (Å²) in [6, 6.07) is 6.03. The number of hydrogen-bond acceptors (Lipinski definition) is 4. The fraction of sp³-hybridized carbons (Fsp3) is 0.316. The standard InChI is InChI=1S/C19H16F2N2O4/c20-10-1-4-15(12(21)9-10)27-11-5-7-19(8-6-11)16-13(23-18(19)26)2-3-14(22-16)17(24)25/h1-4,9,11H,5-8H2,(H,23,26)(H,24,25)/t11-,19+. The predicted octanol–water partition coefficient (Wildman–Crippen LogP) is 3.27. The summed E-state index contributed by atoms with van der Waals surface area (Å²) < 4.78 is 32.4. The molecule has 1 aromatic heterocycles. The highest BCUT2D eigenvalue weighted by Crippen LogP contribution is 2.47. The average molecular weight is 374 g/mol. The van der Waals surface area contributed by atoms with Gasteiger partial charge in [-0.25, -0.2) is 18.6 Å². The number of aromatic carboxylic acids is 1. The van der Waals surface area contributed by atoms with Gasteiger partial charge in [-0.3, -0.25) is 4.79 Å². The second-order valence-electron chi connectivity index (χ2n) is 6.83. The normalized spacial score (nSPS) is 23.8. The zero-order valence-electron chi connectivity index (χ0n) is 14.2. The van der Waals surface area contributed by atoms with Crippen LogP contribution in [0.15, 0.2) is 30.3 Å². The Morgan fingerprint density at radius 2 is 1.96 bits per heavy atom. The van der Waals surface area contributed by atoms with E-state index in [1.807, 2.05) is 0 Å². The minimum absolute atomic E-state index is 0.0279. The van der Waals surface area contributed by atoms with Crippen LogP contribution >= 0.6 is 0 Å². The summed E-state index contributed by atoms with van der Waals surface area (Å²) in [5.74, 6) is -2.84. The molecule has 1 aliphatic heterocycles. The fourth-order valence-electron chi connectivity index (χ4n) is 3.81. The number of aromatic nitrogens is 1. The lowest BCUT2D eigenvalue weighted by atomic mass is 9.71. The number of anilines is 1. The molecule has 0 unspecified atom stereocenters. The van der Waals surface area contributed by atoms with Crippen molar-refractivity contribution < 1.29 is 28.2 Å². The van der Waals surface area contributed by atoms with Crippen LogP contribution in [0.4, 0.5) is 14.5 Å². The third-order valence-corrected chi connectivity index (χ3v) is 5.22. The van der Waals surface area contributed by atoms with Crippen molar-refractivity contribution in [2.45, 2.75) is 37.2 Å². The van der Waals surface area contributed by atoms with Crippen molar-refractivity contribution in [2.24, 2.45) is 0 Å². The third kappa shape index (κ3) is 2.90. The number of carboxylic acids is 1. The number of carboxylic acid groups (broad SMARTS) is 1. The van der Waals surface area contributed by atoms with Gasteiger partial charge >= 0.3 is 5.97 Å². The quantitative estimate of drug-likeness (QED) is 0.861. The van der Waals surface area contributed by atoms with Gasteiger partial charge in [0.25, 0.3) is 0 Å². The number of hydrogen-bond donors (Lipinski definition) is 2. The Kier molecular flexibility index (Phi) is 4.05. The summed E-state index contributed by atoms with van der Waals surface area (Å²) in [4.78, 5) is 28.0. The molecule has 1 aliphatic carbocycles. The van der Waals surface area contributed by atoms with Crippen LogP contribution in [0.25, 0.3) is 0 Å². The maximum absolute atomic E-state index is 13.8. The Hall–Kier alpha value is -3.03. The molecule has 0 bridgehead atoms.